The van der Waals surface area contributed by atoms with Crippen LogP contribution in [0.2, 0.25) is 0 Å². The molecule has 0 aliphatic carbocycles. The number of nitrogens with one attached hydrogen (secondary N) is 1. The van der Waals surface area contributed by atoms with Gasteiger partial charge in [0.05, 0.1) is 6.54 Å². The van der Waals surface area contributed by atoms with Crippen molar-refractivity contribution in [1.29, 1.82) is 0 Å². The molecule has 2 aromatic rings. The molecule has 2 rings (SSSR count). The molecule has 2 N–H and O–H groups in total. The Kier molecular flexibility index (Phi) is 4.38. The monoisotopic (exact) mass is 271 g/mol. The Labute approximate surface area is 118 Å². The maximum Gasteiger partial charge on any atom is 0.176 e. The van der Waals surface area contributed by atoms with Gasteiger partial charge in [0.1, 0.15) is 5.75 Å². The molecule has 0 amide bonds. The number of ether oxygens (including phenoxy) is 1. The first kappa shape index (κ1) is 14.1. The summed E-state index contributed by atoms with van der Waals surface area (Å²) in [7, 11) is 1.70. The van der Waals surface area contributed by atoms with Crippen LogP contribution in [0.5, 0.6) is 17.2 Å². The molecule has 0 saturated heterocycles. The molecule has 20 heavy (non-hydrogen) atoms. The smallest absolute Gasteiger partial charge is 0.176 e. The van der Waals surface area contributed by atoms with Crippen LogP contribution < -0.4 is 10.1 Å². The molecule has 0 aliphatic rings. The Balaban J connectivity index is 2.17. The highest BCUT2D eigenvalue weighted by molar-refractivity contribution is 5.98. The van der Waals surface area contributed by atoms with Crippen LogP contribution in [0.15, 0.2) is 42.5 Å². The van der Waals surface area contributed by atoms with Crippen molar-refractivity contribution in [3.05, 3.63) is 53.6 Å². The van der Waals surface area contributed by atoms with Crippen LogP contribution in [0.25, 0.3) is 0 Å². The minimum absolute atomic E-state index is 0.0486. The van der Waals surface area contributed by atoms with Gasteiger partial charge in [-0.1, -0.05) is 17.7 Å². The number of phenols is 1. The van der Waals surface area contributed by atoms with Crippen LogP contribution in [-0.2, 0) is 0 Å². The van der Waals surface area contributed by atoms with Crippen LogP contribution in [0.1, 0.15) is 15.9 Å². The number of phenolic OH excluding ortho intramolecular Hbond substituents is 1. The highest BCUT2D eigenvalue weighted by Gasteiger charge is 2.10. The molecule has 0 saturated carbocycles. The topological polar surface area (TPSA) is 58.6 Å². The second-order valence-corrected chi connectivity index (χ2v) is 4.55. The number of carbonyl (C=O) groups is 1. The van der Waals surface area contributed by atoms with E-state index < -0.39 is 0 Å². The highest BCUT2D eigenvalue weighted by Crippen LogP contribution is 2.31. The minimum atomic E-state index is -0.0790. The van der Waals surface area contributed by atoms with Crippen molar-refractivity contribution in [1.82, 2.24) is 5.32 Å². The molecule has 0 spiro atoms. The molecule has 0 fully saturated rings. The van der Waals surface area contributed by atoms with E-state index in [-0.39, 0.29) is 18.1 Å². The van der Waals surface area contributed by atoms with E-state index in [9.17, 15) is 9.90 Å². The lowest BCUT2D eigenvalue weighted by Gasteiger charge is -2.09. The minimum Gasteiger partial charge on any atom is -0.504 e. The number of aryl methyl sites for hydroxylation is 1. The van der Waals surface area contributed by atoms with E-state index in [1.54, 1.807) is 19.2 Å². The standard InChI is InChI=1S/C16H17NO3/c1-11-3-6-13(7-4-11)20-16-8-5-12(9-14(16)18)15(19)10-17-2/h3-9,17-18H,10H2,1-2H3. The van der Waals surface area contributed by atoms with E-state index in [4.69, 9.17) is 4.74 Å². The SMILES string of the molecule is CNCC(=O)c1ccc(Oc2ccc(C)cc2)c(O)c1. The Morgan fingerprint density at radius 2 is 1.90 bits per heavy atom. The van der Waals surface area contributed by atoms with Crippen molar-refractivity contribution in [2.75, 3.05) is 13.6 Å². The average molecular weight is 271 g/mol. The molecule has 0 unspecified atom stereocenters. The first-order valence-corrected chi connectivity index (χ1v) is 6.35. The Morgan fingerprint density at radius 3 is 2.50 bits per heavy atom. The molecule has 0 radical (unpaired) electrons. The predicted molar refractivity (Wildman–Crippen MR) is 77.6 cm³/mol. The van der Waals surface area contributed by atoms with Gasteiger partial charge in [0, 0.05) is 5.56 Å². The van der Waals surface area contributed by atoms with Gasteiger partial charge in [-0.05, 0) is 44.3 Å². The normalized spacial score (nSPS) is 10.3. The second-order valence-electron chi connectivity index (χ2n) is 4.55. The maximum atomic E-state index is 11.7. The third-order valence-corrected chi connectivity index (χ3v) is 2.87. The van der Waals surface area contributed by atoms with Gasteiger partial charge < -0.3 is 15.2 Å². The average Bonchev–Trinajstić information content (AvgIpc) is 2.43. The van der Waals surface area contributed by atoms with Crippen molar-refractivity contribution in [2.45, 2.75) is 6.92 Å². The summed E-state index contributed by atoms with van der Waals surface area (Å²) in [6.07, 6.45) is 0. The molecule has 0 aliphatic heterocycles. The fraction of sp³-hybridized carbons (Fsp3) is 0.188. The lowest BCUT2D eigenvalue weighted by atomic mass is 10.1. The number of Topliss-reactive ketones (excluding diaryl/α,β-unsaturated/α-hetero) is 1. The molecule has 104 valence electrons. The quantitative estimate of drug-likeness (QED) is 0.821. The van der Waals surface area contributed by atoms with E-state index >= 15 is 0 Å². The summed E-state index contributed by atoms with van der Waals surface area (Å²) in [4.78, 5) is 11.7. The zero-order chi connectivity index (χ0) is 14.5. The fourth-order valence-electron chi connectivity index (χ4n) is 1.77. The number of rotatable bonds is 5. The molecule has 4 nitrogen and oxygen atoms in total. The zero-order valence-corrected chi connectivity index (χ0v) is 11.5. The number of carbonyl (C=O) groups excluding carboxylic acids is 1. The van der Waals surface area contributed by atoms with Crippen LogP contribution in [0.3, 0.4) is 0 Å². The van der Waals surface area contributed by atoms with Gasteiger partial charge in [0.25, 0.3) is 0 Å². The van der Waals surface area contributed by atoms with E-state index in [1.807, 2.05) is 31.2 Å². The highest BCUT2D eigenvalue weighted by atomic mass is 16.5. The lowest BCUT2D eigenvalue weighted by Crippen LogP contribution is -2.18. The van der Waals surface area contributed by atoms with Crippen LogP contribution in [0.4, 0.5) is 0 Å². The van der Waals surface area contributed by atoms with Crippen molar-refractivity contribution in [3.8, 4) is 17.2 Å². The van der Waals surface area contributed by atoms with Gasteiger partial charge >= 0.3 is 0 Å². The molecule has 4 heteroatoms. The third-order valence-electron chi connectivity index (χ3n) is 2.87. The van der Waals surface area contributed by atoms with E-state index in [1.165, 1.54) is 6.07 Å². The number of hydrogen-bond acceptors (Lipinski definition) is 4. The van der Waals surface area contributed by atoms with Crippen molar-refractivity contribution in [3.63, 3.8) is 0 Å². The summed E-state index contributed by atoms with van der Waals surface area (Å²) in [6.45, 7) is 2.22. The van der Waals surface area contributed by atoms with Crippen LogP contribution in [0, 0.1) is 6.92 Å². The summed E-state index contributed by atoms with van der Waals surface area (Å²) >= 11 is 0. The zero-order valence-electron chi connectivity index (χ0n) is 11.5. The third kappa shape index (κ3) is 3.36. The van der Waals surface area contributed by atoms with Gasteiger partial charge in [-0.2, -0.15) is 0 Å². The second kappa shape index (κ2) is 6.21. The van der Waals surface area contributed by atoms with Crippen molar-refractivity contribution >= 4 is 5.78 Å². The molecular weight excluding hydrogens is 254 g/mol. The van der Waals surface area contributed by atoms with Crippen LogP contribution >= 0.6 is 0 Å². The maximum absolute atomic E-state index is 11.7. The fourth-order valence-corrected chi connectivity index (χ4v) is 1.77. The van der Waals surface area contributed by atoms with Gasteiger partial charge in [-0.15, -0.1) is 0 Å². The molecule has 0 aromatic heterocycles. The van der Waals surface area contributed by atoms with Crippen LogP contribution in [-0.4, -0.2) is 24.5 Å². The molecular formula is C16H17NO3. The van der Waals surface area contributed by atoms with Gasteiger partial charge in [-0.25, -0.2) is 0 Å². The number of likely N-dealkylation sites (N-methyl/N-ethyl adjacent to an activating group) is 1. The van der Waals surface area contributed by atoms with E-state index in [0.717, 1.165) is 5.56 Å². The summed E-state index contributed by atoms with van der Waals surface area (Å²) in [5, 5.41) is 12.7. The Bertz CT molecular complexity index is 606. The van der Waals surface area contributed by atoms with Gasteiger partial charge in [0.15, 0.2) is 17.3 Å². The summed E-state index contributed by atoms with van der Waals surface area (Å²) in [5.74, 6) is 0.840. The van der Waals surface area contributed by atoms with E-state index in [0.29, 0.717) is 17.1 Å². The van der Waals surface area contributed by atoms with Crippen molar-refractivity contribution in [2.24, 2.45) is 0 Å². The summed E-state index contributed by atoms with van der Waals surface area (Å²) in [6, 6.07) is 12.2. The van der Waals surface area contributed by atoms with Gasteiger partial charge in [-0.3, -0.25) is 4.79 Å². The van der Waals surface area contributed by atoms with Gasteiger partial charge in [0.2, 0.25) is 0 Å². The predicted octanol–water partition coefficient (Wildman–Crippen LogP) is 2.90. The Morgan fingerprint density at radius 1 is 1.20 bits per heavy atom. The number of ketones is 1. The summed E-state index contributed by atoms with van der Waals surface area (Å²) < 4.78 is 5.58. The number of aromatic hydroxyl groups is 1. The molecule has 0 heterocycles. The first-order valence-electron chi connectivity index (χ1n) is 6.35. The number of benzene rings is 2. The molecule has 0 atom stereocenters. The Hall–Kier alpha value is -2.33. The number of hydrogen-bond donors (Lipinski definition) is 2. The van der Waals surface area contributed by atoms with Crippen molar-refractivity contribution < 1.29 is 14.6 Å². The molecule has 2 aromatic carbocycles. The first-order chi connectivity index (χ1) is 9.60. The largest absolute Gasteiger partial charge is 0.504 e. The molecule has 0 bridgehead atoms. The summed E-state index contributed by atoms with van der Waals surface area (Å²) in [5.41, 5.74) is 1.59. The van der Waals surface area contributed by atoms with E-state index in [2.05, 4.69) is 5.32 Å². The lowest BCUT2D eigenvalue weighted by molar-refractivity contribution is 0.0993.